The molecule has 1 unspecified atom stereocenters. The van der Waals surface area contributed by atoms with E-state index in [4.69, 9.17) is 6.42 Å². The van der Waals surface area contributed by atoms with E-state index in [-0.39, 0.29) is 11.9 Å². The molecule has 0 aliphatic carbocycles. The Labute approximate surface area is 97.1 Å². The van der Waals surface area contributed by atoms with Gasteiger partial charge in [0.1, 0.15) is 5.82 Å². The summed E-state index contributed by atoms with van der Waals surface area (Å²) in [5.74, 6) is 2.43. The molecule has 1 atom stereocenters. The summed E-state index contributed by atoms with van der Waals surface area (Å²) in [7, 11) is 0. The van der Waals surface area contributed by atoms with Gasteiger partial charge in [-0.3, -0.25) is 0 Å². The first-order chi connectivity index (χ1) is 7.77. The average molecular weight is 219 g/mol. The molecule has 16 heavy (non-hydrogen) atoms. The van der Waals surface area contributed by atoms with Crippen molar-refractivity contribution in [3.63, 3.8) is 0 Å². The van der Waals surface area contributed by atoms with E-state index in [2.05, 4.69) is 18.2 Å². The number of nitrogens with one attached hydrogen (secondary N) is 1. The molecule has 0 fully saturated rings. The molecule has 2 heteroatoms. The first-order valence-electron chi connectivity index (χ1n) is 5.70. The Morgan fingerprint density at radius 1 is 1.50 bits per heavy atom. The number of rotatable bonds is 6. The van der Waals surface area contributed by atoms with Crippen molar-refractivity contribution in [3.05, 3.63) is 35.6 Å². The standard InChI is InChI=1S/C14H18FN/c1-3-5-9-14(16-10-4-2)12-7-6-8-13(15)11-12/h1,6-8,11,14,16H,4-5,9-10H2,2H3. The molecule has 0 saturated carbocycles. The van der Waals surface area contributed by atoms with Gasteiger partial charge in [0.15, 0.2) is 0 Å². The molecule has 0 bridgehead atoms. The fraction of sp³-hybridized carbons (Fsp3) is 0.429. The maximum atomic E-state index is 13.1. The molecule has 1 N–H and O–H groups in total. The zero-order chi connectivity index (χ0) is 11.8. The quantitative estimate of drug-likeness (QED) is 0.724. The van der Waals surface area contributed by atoms with Crippen molar-refractivity contribution in [1.29, 1.82) is 0 Å². The van der Waals surface area contributed by atoms with E-state index < -0.39 is 0 Å². The Morgan fingerprint density at radius 2 is 2.31 bits per heavy atom. The van der Waals surface area contributed by atoms with Gasteiger partial charge in [0, 0.05) is 12.5 Å². The molecule has 1 aromatic carbocycles. The van der Waals surface area contributed by atoms with E-state index in [0.717, 1.165) is 24.9 Å². The third kappa shape index (κ3) is 4.04. The summed E-state index contributed by atoms with van der Waals surface area (Å²) in [5.41, 5.74) is 0.976. The number of hydrogen-bond acceptors (Lipinski definition) is 1. The Morgan fingerprint density at radius 3 is 2.94 bits per heavy atom. The van der Waals surface area contributed by atoms with E-state index in [9.17, 15) is 4.39 Å². The number of terminal acetylenes is 1. The topological polar surface area (TPSA) is 12.0 Å². The second-order valence-electron chi connectivity index (χ2n) is 3.80. The second-order valence-corrected chi connectivity index (χ2v) is 3.80. The van der Waals surface area contributed by atoms with Crippen molar-refractivity contribution in [2.75, 3.05) is 6.54 Å². The summed E-state index contributed by atoms with van der Waals surface area (Å²) in [5, 5.41) is 3.39. The molecule has 0 aliphatic rings. The van der Waals surface area contributed by atoms with Crippen molar-refractivity contribution in [2.45, 2.75) is 32.2 Å². The zero-order valence-corrected chi connectivity index (χ0v) is 9.67. The molecule has 0 spiro atoms. The van der Waals surface area contributed by atoms with Crippen molar-refractivity contribution < 1.29 is 4.39 Å². The molecule has 0 aromatic heterocycles. The molecule has 1 nitrogen and oxygen atoms in total. The van der Waals surface area contributed by atoms with Crippen molar-refractivity contribution in [2.24, 2.45) is 0 Å². The third-order valence-corrected chi connectivity index (χ3v) is 2.47. The smallest absolute Gasteiger partial charge is 0.123 e. The van der Waals surface area contributed by atoms with Crippen LogP contribution in [-0.4, -0.2) is 6.54 Å². The zero-order valence-electron chi connectivity index (χ0n) is 9.67. The van der Waals surface area contributed by atoms with Crippen molar-refractivity contribution in [3.8, 4) is 12.3 Å². The molecule has 1 rings (SSSR count). The molecule has 86 valence electrons. The fourth-order valence-electron chi connectivity index (χ4n) is 1.66. The largest absolute Gasteiger partial charge is 0.310 e. The van der Waals surface area contributed by atoms with Crippen molar-refractivity contribution >= 4 is 0 Å². The van der Waals surface area contributed by atoms with Gasteiger partial charge in [0.2, 0.25) is 0 Å². The van der Waals surface area contributed by atoms with E-state index in [1.165, 1.54) is 6.07 Å². The van der Waals surface area contributed by atoms with Gasteiger partial charge in [-0.15, -0.1) is 12.3 Å². The lowest BCUT2D eigenvalue weighted by Gasteiger charge is -2.18. The molecule has 0 heterocycles. The lowest BCUT2D eigenvalue weighted by molar-refractivity contribution is 0.502. The van der Waals surface area contributed by atoms with Crippen LogP contribution in [0.3, 0.4) is 0 Å². The van der Waals surface area contributed by atoms with Gasteiger partial charge in [0.25, 0.3) is 0 Å². The van der Waals surface area contributed by atoms with E-state index in [1.807, 2.05) is 6.07 Å². The number of benzene rings is 1. The molecular weight excluding hydrogens is 201 g/mol. The second kappa shape index (κ2) is 7.03. The van der Waals surface area contributed by atoms with Gasteiger partial charge in [-0.25, -0.2) is 4.39 Å². The Kier molecular flexibility index (Phi) is 5.60. The summed E-state index contributed by atoms with van der Waals surface area (Å²) >= 11 is 0. The predicted molar refractivity (Wildman–Crippen MR) is 65.5 cm³/mol. The summed E-state index contributed by atoms with van der Waals surface area (Å²) in [6, 6.07) is 6.87. The fourth-order valence-corrected chi connectivity index (χ4v) is 1.66. The van der Waals surface area contributed by atoms with Crippen LogP contribution in [0.1, 0.15) is 37.8 Å². The molecule has 0 radical (unpaired) electrons. The Hall–Kier alpha value is -1.33. The van der Waals surface area contributed by atoms with Gasteiger partial charge in [-0.2, -0.15) is 0 Å². The molecule has 1 aromatic rings. The van der Waals surface area contributed by atoms with Crippen LogP contribution in [0.25, 0.3) is 0 Å². The summed E-state index contributed by atoms with van der Waals surface area (Å²) < 4.78 is 13.1. The molecule has 0 amide bonds. The lowest BCUT2D eigenvalue weighted by atomic mass is 10.0. The van der Waals surface area contributed by atoms with Crippen LogP contribution >= 0.6 is 0 Å². The SMILES string of the molecule is C#CCCC(NCCC)c1cccc(F)c1. The number of halogens is 1. The highest BCUT2D eigenvalue weighted by molar-refractivity contribution is 5.20. The molecule has 0 saturated heterocycles. The lowest BCUT2D eigenvalue weighted by Crippen LogP contribution is -2.22. The number of hydrogen-bond donors (Lipinski definition) is 1. The van der Waals surface area contributed by atoms with Crippen LogP contribution in [0.5, 0.6) is 0 Å². The van der Waals surface area contributed by atoms with Crippen LogP contribution in [0, 0.1) is 18.2 Å². The van der Waals surface area contributed by atoms with Crippen LogP contribution in [0.4, 0.5) is 4.39 Å². The van der Waals surface area contributed by atoms with Gasteiger partial charge >= 0.3 is 0 Å². The maximum absolute atomic E-state index is 13.1. The van der Waals surface area contributed by atoms with Gasteiger partial charge in [0.05, 0.1) is 0 Å². The third-order valence-electron chi connectivity index (χ3n) is 2.47. The summed E-state index contributed by atoms with van der Waals surface area (Å²) in [6.45, 7) is 3.03. The molecule has 0 aliphatic heterocycles. The van der Waals surface area contributed by atoms with Gasteiger partial charge in [-0.05, 0) is 37.1 Å². The maximum Gasteiger partial charge on any atom is 0.123 e. The van der Waals surface area contributed by atoms with Crippen LogP contribution in [0.2, 0.25) is 0 Å². The predicted octanol–water partition coefficient (Wildman–Crippen LogP) is 3.28. The van der Waals surface area contributed by atoms with Gasteiger partial charge in [-0.1, -0.05) is 19.1 Å². The summed E-state index contributed by atoms with van der Waals surface area (Å²) in [4.78, 5) is 0. The minimum atomic E-state index is -0.193. The van der Waals surface area contributed by atoms with Gasteiger partial charge < -0.3 is 5.32 Å². The van der Waals surface area contributed by atoms with E-state index >= 15 is 0 Å². The minimum absolute atomic E-state index is 0.159. The molecular formula is C14H18FN. The minimum Gasteiger partial charge on any atom is -0.310 e. The highest BCUT2D eigenvalue weighted by atomic mass is 19.1. The van der Waals surface area contributed by atoms with E-state index in [0.29, 0.717) is 6.42 Å². The summed E-state index contributed by atoms with van der Waals surface area (Å²) in [6.07, 6.45) is 7.87. The first-order valence-corrected chi connectivity index (χ1v) is 5.70. The highest BCUT2D eigenvalue weighted by Gasteiger charge is 2.10. The monoisotopic (exact) mass is 219 g/mol. The highest BCUT2D eigenvalue weighted by Crippen LogP contribution is 2.19. The Bertz CT molecular complexity index is 354. The Balaban J connectivity index is 2.70. The van der Waals surface area contributed by atoms with Crippen LogP contribution in [0.15, 0.2) is 24.3 Å². The van der Waals surface area contributed by atoms with E-state index in [1.54, 1.807) is 12.1 Å². The van der Waals surface area contributed by atoms with Crippen LogP contribution in [-0.2, 0) is 0 Å². The van der Waals surface area contributed by atoms with Crippen LogP contribution < -0.4 is 5.32 Å². The normalized spacial score (nSPS) is 12.1. The first kappa shape index (κ1) is 12.7. The average Bonchev–Trinajstić information content (AvgIpc) is 2.29. The van der Waals surface area contributed by atoms with Crippen molar-refractivity contribution in [1.82, 2.24) is 5.32 Å².